The van der Waals surface area contributed by atoms with E-state index in [1.165, 1.54) is 12.7 Å². The Bertz CT molecular complexity index is 1050. The van der Waals surface area contributed by atoms with Gasteiger partial charge < -0.3 is 19.9 Å². The molecule has 2 aromatic rings. The molecule has 0 unspecified atom stereocenters. The summed E-state index contributed by atoms with van der Waals surface area (Å²) in [5.74, 6) is 0.187. The molecule has 0 fully saturated rings. The van der Waals surface area contributed by atoms with Gasteiger partial charge in [0.15, 0.2) is 11.7 Å². The second kappa shape index (κ2) is 7.98. The number of carbonyl (C=O) groups excluding carboxylic acids is 1. The Morgan fingerprint density at radius 3 is 2.65 bits per heavy atom. The maximum atomic E-state index is 12.8. The monoisotopic (exact) mass is 419 g/mol. The molecule has 31 heavy (non-hydrogen) atoms. The number of hydrogen-bond donors (Lipinski definition) is 2. The zero-order valence-electron chi connectivity index (χ0n) is 18.4. The van der Waals surface area contributed by atoms with Gasteiger partial charge in [-0.25, -0.2) is 0 Å². The fourth-order valence-electron chi connectivity index (χ4n) is 4.42. The zero-order valence-corrected chi connectivity index (χ0v) is 18.4. The van der Waals surface area contributed by atoms with Gasteiger partial charge >= 0.3 is 0 Å². The van der Waals surface area contributed by atoms with E-state index in [0.29, 0.717) is 22.6 Å². The minimum atomic E-state index is -1.69. The third-order valence-electron chi connectivity index (χ3n) is 6.04. The molecule has 2 N–H and O–H groups in total. The lowest BCUT2D eigenvalue weighted by molar-refractivity contribution is -0.142. The van der Waals surface area contributed by atoms with Crippen molar-refractivity contribution < 1.29 is 19.4 Å². The maximum absolute atomic E-state index is 12.8. The van der Waals surface area contributed by atoms with Crippen LogP contribution in [-0.2, 0) is 15.1 Å². The number of anilines is 1. The quantitative estimate of drug-likeness (QED) is 0.683. The first-order valence-corrected chi connectivity index (χ1v) is 10.6. The van der Waals surface area contributed by atoms with Gasteiger partial charge in [-0.05, 0) is 57.4 Å². The van der Waals surface area contributed by atoms with Gasteiger partial charge in [0.1, 0.15) is 11.4 Å². The molecule has 0 saturated heterocycles. The van der Waals surface area contributed by atoms with Gasteiger partial charge in [0.05, 0.1) is 11.3 Å². The summed E-state index contributed by atoms with van der Waals surface area (Å²) in [5, 5.41) is 15.0. The third kappa shape index (κ3) is 3.68. The van der Waals surface area contributed by atoms with Crippen LogP contribution in [0.15, 0.2) is 60.2 Å². The van der Waals surface area contributed by atoms with Gasteiger partial charge in [0.25, 0.3) is 5.91 Å². The maximum Gasteiger partial charge on any atom is 0.257 e. The van der Waals surface area contributed by atoms with Gasteiger partial charge in [0, 0.05) is 12.7 Å². The van der Waals surface area contributed by atoms with E-state index in [9.17, 15) is 9.90 Å². The molecule has 2 aliphatic heterocycles. The average Bonchev–Trinajstić information content (AvgIpc) is 2.73. The molecule has 5 nitrogen and oxygen atoms in total. The van der Waals surface area contributed by atoms with Crippen LogP contribution < -0.4 is 10.1 Å². The third-order valence-corrected chi connectivity index (χ3v) is 6.04. The van der Waals surface area contributed by atoms with Gasteiger partial charge in [-0.1, -0.05) is 48.1 Å². The van der Waals surface area contributed by atoms with Crippen LogP contribution in [0.2, 0.25) is 0 Å². The van der Waals surface area contributed by atoms with E-state index in [0.717, 1.165) is 18.4 Å². The number of carbonyl (C=O) groups is 1. The number of rotatable bonds is 5. The molecule has 0 bridgehead atoms. The van der Waals surface area contributed by atoms with E-state index < -0.39 is 17.3 Å². The molecule has 2 aromatic carbocycles. The normalized spacial score (nSPS) is 26.4. The lowest BCUT2D eigenvalue weighted by atomic mass is 9.76. The smallest absolute Gasteiger partial charge is 0.257 e. The van der Waals surface area contributed by atoms with Gasteiger partial charge in [0.2, 0.25) is 0 Å². The predicted octanol–water partition coefficient (Wildman–Crippen LogP) is 4.80. The van der Waals surface area contributed by atoms with Crippen molar-refractivity contribution in [1.82, 2.24) is 0 Å². The molecule has 1 amide bonds. The van der Waals surface area contributed by atoms with Gasteiger partial charge in [-0.15, -0.1) is 0 Å². The van der Waals surface area contributed by atoms with Crippen LogP contribution in [0, 0.1) is 0 Å². The second-order valence-corrected chi connectivity index (χ2v) is 8.71. The standard InChI is InChI=1S/C26H29NO4/c1-17(2)9-8-15-25(3)16-14-18-12-13-20-21(22(18)31-25)26(29,19-10-6-5-7-11-19)23(30-4)24(28)27-20/h5-7,9-14,16,23,29H,8,15H2,1-4H3,(H,27,28)/t23-,25+,26+/m1/s1. The second-order valence-electron chi connectivity index (χ2n) is 8.71. The largest absolute Gasteiger partial charge is 0.482 e. The molecule has 0 aromatic heterocycles. The molecule has 0 spiro atoms. The SMILES string of the molecule is CO[C@@H]1C(=O)Nc2ccc3c(c2[C@@]1(O)c1ccccc1)O[C@@](C)(CCC=C(C)C)C=C3. The van der Waals surface area contributed by atoms with Crippen LogP contribution >= 0.6 is 0 Å². The first-order valence-electron chi connectivity index (χ1n) is 10.6. The number of hydrogen-bond acceptors (Lipinski definition) is 4. The molecular weight excluding hydrogens is 390 g/mol. The number of aliphatic hydroxyl groups is 1. The molecule has 5 heteroatoms. The van der Waals surface area contributed by atoms with Gasteiger partial charge in [-0.2, -0.15) is 0 Å². The van der Waals surface area contributed by atoms with E-state index in [1.54, 1.807) is 12.1 Å². The van der Waals surface area contributed by atoms with Crippen molar-refractivity contribution in [3.8, 4) is 5.75 Å². The van der Waals surface area contributed by atoms with Crippen molar-refractivity contribution >= 4 is 17.7 Å². The van der Waals surface area contributed by atoms with E-state index in [-0.39, 0.29) is 5.91 Å². The zero-order chi connectivity index (χ0) is 22.2. The molecule has 4 rings (SSSR count). The summed E-state index contributed by atoms with van der Waals surface area (Å²) in [7, 11) is 1.43. The number of amides is 1. The number of fused-ring (bicyclic) bond motifs is 3. The van der Waals surface area contributed by atoms with Crippen molar-refractivity contribution in [2.75, 3.05) is 12.4 Å². The fraction of sp³-hybridized carbons (Fsp3) is 0.346. The van der Waals surface area contributed by atoms with Crippen LogP contribution in [0.5, 0.6) is 5.75 Å². The molecule has 162 valence electrons. The Balaban J connectivity index is 1.87. The van der Waals surface area contributed by atoms with Crippen LogP contribution in [0.1, 0.15) is 50.3 Å². The lowest BCUT2D eigenvalue weighted by Crippen LogP contribution is -2.53. The number of nitrogens with one attached hydrogen (secondary N) is 1. The highest BCUT2D eigenvalue weighted by Crippen LogP contribution is 2.50. The minimum Gasteiger partial charge on any atom is -0.482 e. The molecular formula is C26H29NO4. The summed E-state index contributed by atoms with van der Waals surface area (Å²) in [5.41, 5.74) is 1.55. The highest BCUT2D eigenvalue weighted by molar-refractivity contribution is 6.00. The lowest BCUT2D eigenvalue weighted by Gasteiger charge is -2.43. The Kier molecular flexibility index (Phi) is 5.50. The van der Waals surface area contributed by atoms with E-state index >= 15 is 0 Å². The first kappa shape index (κ1) is 21.3. The summed E-state index contributed by atoms with van der Waals surface area (Å²) < 4.78 is 12.1. The summed E-state index contributed by atoms with van der Waals surface area (Å²) >= 11 is 0. The van der Waals surface area contributed by atoms with Crippen molar-refractivity contribution in [3.05, 3.63) is 76.9 Å². The van der Waals surface area contributed by atoms with Gasteiger partial charge in [-0.3, -0.25) is 4.79 Å². The van der Waals surface area contributed by atoms with Crippen molar-refractivity contribution in [2.45, 2.75) is 50.9 Å². The molecule has 3 atom stereocenters. The topological polar surface area (TPSA) is 67.8 Å². The summed E-state index contributed by atoms with van der Waals surface area (Å²) in [4.78, 5) is 12.8. The van der Waals surface area contributed by atoms with Crippen LogP contribution in [0.3, 0.4) is 0 Å². The Morgan fingerprint density at radius 1 is 1.23 bits per heavy atom. The summed E-state index contributed by atoms with van der Waals surface area (Å²) in [6.45, 7) is 6.21. The summed E-state index contributed by atoms with van der Waals surface area (Å²) in [6, 6.07) is 12.9. The van der Waals surface area contributed by atoms with Crippen molar-refractivity contribution in [3.63, 3.8) is 0 Å². The number of benzene rings is 2. The van der Waals surface area contributed by atoms with E-state index in [4.69, 9.17) is 9.47 Å². The molecule has 0 radical (unpaired) electrons. The van der Waals surface area contributed by atoms with Crippen LogP contribution in [-0.4, -0.2) is 29.8 Å². The molecule has 0 saturated carbocycles. The minimum absolute atomic E-state index is 0.390. The molecule has 2 aliphatic rings. The molecule has 2 heterocycles. The average molecular weight is 420 g/mol. The predicted molar refractivity (Wildman–Crippen MR) is 122 cm³/mol. The summed E-state index contributed by atoms with van der Waals surface area (Å²) in [6.07, 6.45) is 6.86. The molecule has 0 aliphatic carbocycles. The van der Waals surface area contributed by atoms with Crippen molar-refractivity contribution in [2.24, 2.45) is 0 Å². The Morgan fingerprint density at radius 2 is 1.97 bits per heavy atom. The van der Waals surface area contributed by atoms with Crippen LogP contribution in [0.25, 0.3) is 6.08 Å². The van der Waals surface area contributed by atoms with E-state index in [1.807, 2.05) is 43.3 Å². The number of ether oxygens (including phenoxy) is 2. The number of methoxy groups -OCH3 is 1. The Labute approximate surface area is 183 Å². The fourth-order valence-corrected chi connectivity index (χ4v) is 4.42. The number of allylic oxidation sites excluding steroid dienone is 2. The van der Waals surface area contributed by atoms with E-state index in [2.05, 4.69) is 31.3 Å². The highest BCUT2D eigenvalue weighted by atomic mass is 16.5. The Hall–Kier alpha value is -2.89. The first-order chi connectivity index (χ1) is 14.8. The van der Waals surface area contributed by atoms with Crippen LogP contribution in [0.4, 0.5) is 5.69 Å². The van der Waals surface area contributed by atoms with Crippen molar-refractivity contribution in [1.29, 1.82) is 0 Å². The highest BCUT2D eigenvalue weighted by Gasteiger charge is 2.52.